The van der Waals surface area contributed by atoms with Gasteiger partial charge in [0.2, 0.25) is 0 Å². The topological polar surface area (TPSA) is 28.1 Å². The van der Waals surface area contributed by atoms with E-state index in [4.69, 9.17) is 4.99 Å². The van der Waals surface area contributed by atoms with Gasteiger partial charge in [-0.2, -0.15) is 0 Å². The molecule has 0 atom stereocenters. The number of benzene rings is 2. The predicted molar refractivity (Wildman–Crippen MR) is 117 cm³/mol. The molecule has 0 spiro atoms. The highest BCUT2D eigenvalue weighted by molar-refractivity contribution is 6.07. The number of aliphatic imine (C=N–C) groups is 1. The van der Waals surface area contributed by atoms with Crippen molar-refractivity contribution in [3.05, 3.63) is 64.8 Å². The number of fused-ring (bicyclic) bond motifs is 3. The van der Waals surface area contributed by atoms with Gasteiger partial charge < -0.3 is 4.98 Å². The van der Waals surface area contributed by atoms with E-state index in [-0.39, 0.29) is 5.41 Å². The van der Waals surface area contributed by atoms with Crippen LogP contribution in [0.15, 0.2) is 47.5 Å². The second kappa shape index (κ2) is 6.67. The van der Waals surface area contributed by atoms with Crippen LogP contribution in [0.5, 0.6) is 0 Å². The minimum Gasteiger partial charge on any atom is -0.353 e. The zero-order valence-corrected chi connectivity index (χ0v) is 17.2. The highest BCUT2D eigenvalue weighted by Gasteiger charge is 2.22. The van der Waals surface area contributed by atoms with Crippen molar-refractivity contribution in [1.82, 2.24) is 4.98 Å². The quantitative estimate of drug-likeness (QED) is 0.508. The van der Waals surface area contributed by atoms with E-state index in [0.717, 1.165) is 18.5 Å². The zero-order valence-electron chi connectivity index (χ0n) is 17.2. The Hall–Kier alpha value is -2.35. The van der Waals surface area contributed by atoms with Crippen molar-refractivity contribution in [3.8, 4) is 0 Å². The van der Waals surface area contributed by atoms with Gasteiger partial charge in [0, 0.05) is 10.9 Å². The smallest absolute Gasteiger partial charge is 0.0648 e. The summed E-state index contributed by atoms with van der Waals surface area (Å²) < 4.78 is 0. The molecule has 0 aliphatic heterocycles. The minimum absolute atomic E-state index is 0.169. The first-order chi connectivity index (χ1) is 12.8. The molecule has 2 aromatic carbocycles. The van der Waals surface area contributed by atoms with E-state index in [1.165, 1.54) is 45.4 Å². The number of hydrogen-bond donors (Lipinski definition) is 1. The molecule has 0 fully saturated rings. The number of hydrogen-bond acceptors (Lipinski definition) is 1. The Morgan fingerprint density at radius 1 is 0.963 bits per heavy atom. The first kappa shape index (κ1) is 18.0. The molecule has 3 aromatic rings. The molecule has 4 rings (SSSR count). The largest absolute Gasteiger partial charge is 0.353 e. The van der Waals surface area contributed by atoms with Crippen molar-refractivity contribution >= 4 is 22.3 Å². The van der Waals surface area contributed by atoms with Crippen molar-refractivity contribution in [2.45, 2.75) is 65.2 Å². The minimum atomic E-state index is 0.169. The van der Waals surface area contributed by atoms with Crippen molar-refractivity contribution < 1.29 is 0 Å². The molecule has 0 unspecified atom stereocenters. The summed E-state index contributed by atoms with van der Waals surface area (Å²) in [6.07, 6.45) is 3.34. The lowest BCUT2D eigenvalue weighted by molar-refractivity contribution is 0.591. The standard InChI is InChI=1S/C25H30N2/c1-16(2)17-9-12-19(13-10-17)26-23-8-6-7-20-21-15-18(25(3,4)5)11-14-22(21)27-24(20)23/h9-16,27H,6-8H2,1-5H3. The van der Waals surface area contributed by atoms with Crippen LogP contribution in [0.3, 0.4) is 0 Å². The number of aryl methyl sites for hydroxylation is 1. The van der Waals surface area contributed by atoms with Crippen LogP contribution in [0, 0.1) is 0 Å². The van der Waals surface area contributed by atoms with Crippen LogP contribution in [-0.2, 0) is 11.8 Å². The Balaban J connectivity index is 1.77. The van der Waals surface area contributed by atoms with E-state index in [0.29, 0.717) is 5.92 Å². The Morgan fingerprint density at radius 3 is 2.37 bits per heavy atom. The zero-order chi connectivity index (χ0) is 19.2. The Kier molecular flexibility index (Phi) is 4.46. The molecule has 0 amide bonds. The molecule has 1 aliphatic carbocycles. The second-order valence-corrected chi connectivity index (χ2v) is 9.15. The molecule has 2 nitrogen and oxygen atoms in total. The summed E-state index contributed by atoms with van der Waals surface area (Å²) in [6.45, 7) is 11.3. The Labute approximate surface area is 162 Å². The first-order valence-electron chi connectivity index (χ1n) is 10.2. The summed E-state index contributed by atoms with van der Waals surface area (Å²) in [5, 5.41) is 1.37. The predicted octanol–water partition coefficient (Wildman–Crippen LogP) is 7.05. The maximum Gasteiger partial charge on any atom is 0.0648 e. The normalized spacial score (nSPS) is 16.3. The van der Waals surface area contributed by atoms with Crippen LogP contribution in [-0.4, -0.2) is 10.7 Å². The number of nitrogens with zero attached hydrogens (tertiary/aromatic N) is 1. The molecule has 27 heavy (non-hydrogen) atoms. The summed E-state index contributed by atoms with van der Waals surface area (Å²) >= 11 is 0. The van der Waals surface area contributed by atoms with E-state index in [2.05, 4.69) is 82.1 Å². The maximum absolute atomic E-state index is 5.01. The summed E-state index contributed by atoms with van der Waals surface area (Å²) in [4.78, 5) is 8.68. The Bertz CT molecular complexity index is 995. The van der Waals surface area contributed by atoms with Crippen LogP contribution in [0.1, 0.15) is 75.8 Å². The van der Waals surface area contributed by atoms with Gasteiger partial charge in [-0.15, -0.1) is 0 Å². The summed E-state index contributed by atoms with van der Waals surface area (Å²) in [5.74, 6) is 0.554. The van der Waals surface area contributed by atoms with Crippen LogP contribution in [0.2, 0.25) is 0 Å². The molecule has 0 radical (unpaired) electrons. The maximum atomic E-state index is 5.01. The molecule has 0 bridgehead atoms. The van der Waals surface area contributed by atoms with E-state index in [1.54, 1.807) is 0 Å². The van der Waals surface area contributed by atoms with E-state index < -0.39 is 0 Å². The first-order valence-corrected chi connectivity index (χ1v) is 10.2. The fourth-order valence-electron chi connectivity index (χ4n) is 3.98. The number of aromatic nitrogens is 1. The fraction of sp³-hybridized carbons (Fsp3) is 0.400. The van der Waals surface area contributed by atoms with Gasteiger partial charge in [0.1, 0.15) is 0 Å². The second-order valence-electron chi connectivity index (χ2n) is 9.15. The molecule has 0 saturated heterocycles. The number of H-pyrrole nitrogens is 1. The highest BCUT2D eigenvalue weighted by atomic mass is 14.8. The van der Waals surface area contributed by atoms with Gasteiger partial charge in [0.05, 0.1) is 17.1 Å². The number of rotatable bonds is 2. The lowest BCUT2D eigenvalue weighted by Crippen LogP contribution is -2.11. The molecule has 2 heteroatoms. The van der Waals surface area contributed by atoms with Crippen molar-refractivity contribution in [2.24, 2.45) is 4.99 Å². The third-order valence-corrected chi connectivity index (χ3v) is 5.72. The highest BCUT2D eigenvalue weighted by Crippen LogP contribution is 2.34. The van der Waals surface area contributed by atoms with Gasteiger partial charge in [0.15, 0.2) is 0 Å². The molecular formula is C25H30N2. The molecule has 1 aliphatic rings. The SMILES string of the molecule is CC(C)c1ccc(N=C2CCCc3c2[nH]c2ccc(C(C)(C)C)cc32)cc1. The summed E-state index contributed by atoms with van der Waals surface area (Å²) in [6, 6.07) is 15.6. The number of aromatic amines is 1. The van der Waals surface area contributed by atoms with Gasteiger partial charge in [-0.05, 0) is 71.6 Å². The third-order valence-electron chi connectivity index (χ3n) is 5.72. The number of nitrogens with one attached hydrogen (secondary N) is 1. The van der Waals surface area contributed by atoms with E-state index in [1.807, 2.05) is 0 Å². The van der Waals surface area contributed by atoms with Crippen LogP contribution in [0.4, 0.5) is 5.69 Å². The summed E-state index contributed by atoms with van der Waals surface area (Å²) in [5.41, 5.74) is 9.10. The van der Waals surface area contributed by atoms with Crippen LogP contribution >= 0.6 is 0 Å². The molecule has 1 N–H and O–H groups in total. The Morgan fingerprint density at radius 2 is 1.70 bits per heavy atom. The molecular weight excluding hydrogens is 328 g/mol. The molecule has 1 heterocycles. The van der Waals surface area contributed by atoms with E-state index >= 15 is 0 Å². The van der Waals surface area contributed by atoms with Crippen LogP contribution < -0.4 is 0 Å². The fourth-order valence-corrected chi connectivity index (χ4v) is 3.98. The summed E-state index contributed by atoms with van der Waals surface area (Å²) in [7, 11) is 0. The average Bonchev–Trinajstić information content (AvgIpc) is 3.00. The molecule has 0 saturated carbocycles. The lowest BCUT2D eigenvalue weighted by Gasteiger charge is -2.19. The third kappa shape index (κ3) is 3.45. The van der Waals surface area contributed by atoms with Crippen LogP contribution in [0.25, 0.3) is 10.9 Å². The van der Waals surface area contributed by atoms with Crippen molar-refractivity contribution in [2.75, 3.05) is 0 Å². The van der Waals surface area contributed by atoms with Crippen molar-refractivity contribution in [3.63, 3.8) is 0 Å². The lowest BCUT2D eigenvalue weighted by atomic mass is 9.85. The van der Waals surface area contributed by atoms with Gasteiger partial charge in [-0.1, -0.05) is 52.8 Å². The molecule has 140 valence electrons. The monoisotopic (exact) mass is 358 g/mol. The van der Waals surface area contributed by atoms with Crippen molar-refractivity contribution in [1.29, 1.82) is 0 Å². The average molecular weight is 359 g/mol. The van der Waals surface area contributed by atoms with Gasteiger partial charge in [-0.25, -0.2) is 0 Å². The van der Waals surface area contributed by atoms with E-state index in [9.17, 15) is 0 Å². The molecule has 1 aromatic heterocycles. The van der Waals surface area contributed by atoms with Gasteiger partial charge in [-0.3, -0.25) is 4.99 Å². The van der Waals surface area contributed by atoms with Gasteiger partial charge in [0.25, 0.3) is 0 Å². The van der Waals surface area contributed by atoms with Gasteiger partial charge >= 0.3 is 0 Å².